The Labute approximate surface area is 95.5 Å². The average Bonchev–Trinajstić information content (AvgIpc) is 2.29. The van der Waals surface area contributed by atoms with E-state index in [1.165, 1.54) is 0 Å². The third-order valence-corrected chi connectivity index (χ3v) is 3.02. The summed E-state index contributed by atoms with van der Waals surface area (Å²) in [7, 11) is 0. The van der Waals surface area contributed by atoms with Crippen LogP contribution in [0.5, 0.6) is 0 Å². The summed E-state index contributed by atoms with van der Waals surface area (Å²) in [5, 5.41) is 0. The number of carbonyl (C=O) groups is 2. The first-order valence-electron chi connectivity index (χ1n) is 5.73. The van der Waals surface area contributed by atoms with Gasteiger partial charge in [-0.25, -0.2) is 0 Å². The molecule has 1 atom stereocenters. The number of nitrogens with two attached hydrogens (primary N) is 2. The van der Waals surface area contributed by atoms with Crippen molar-refractivity contribution in [2.24, 2.45) is 11.5 Å². The molecule has 0 aliphatic heterocycles. The second-order valence-corrected chi connectivity index (χ2v) is 4.39. The van der Waals surface area contributed by atoms with E-state index in [0.29, 0.717) is 12.8 Å². The Morgan fingerprint density at radius 2 is 1.88 bits per heavy atom. The van der Waals surface area contributed by atoms with E-state index in [9.17, 15) is 9.59 Å². The lowest BCUT2D eigenvalue weighted by atomic mass is 9.81. The van der Waals surface area contributed by atoms with E-state index in [1.54, 1.807) is 6.92 Å². The maximum atomic E-state index is 11.8. The Bertz CT molecular complexity index is 270. The molecular formula is C11H20N2O3. The van der Waals surface area contributed by atoms with E-state index < -0.39 is 17.6 Å². The van der Waals surface area contributed by atoms with E-state index >= 15 is 0 Å². The minimum absolute atomic E-state index is 0.0910. The molecular weight excluding hydrogens is 208 g/mol. The van der Waals surface area contributed by atoms with Gasteiger partial charge >= 0.3 is 5.97 Å². The molecule has 0 aromatic rings. The lowest BCUT2D eigenvalue weighted by Crippen LogP contribution is -2.50. The summed E-state index contributed by atoms with van der Waals surface area (Å²) >= 11 is 0. The van der Waals surface area contributed by atoms with Crippen molar-refractivity contribution in [3.8, 4) is 0 Å². The van der Waals surface area contributed by atoms with Gasteiger partial charge in [-0.2, -0.15) is 0 Å². The van der Waals surface area contributed by atoms with Crippen molar-refractivity contribution in [2.45, 2.75) is 50.7 Å². The molecule has 0 aromatic heterocycles. The lowest BCUT2D eigenvalue weighted by Gasteiger charge is -2.35. The third kappa shape index (κ3) is 2.80. The fourth-order valence-corrected chi connectivity index (χ4v) is 2.03. The second kappa shape index (κ2) is 5.41. The predicted octanol–water partition coefficient (Wildman–Crippen LogP) is 0.107. The lowest BCUT2D eigenvalue weighted by molar-refractivity contribution is -0.171. The van der Waals surface area contributed by atoms with Crippen LogP contribution in [0.2, 0.25) is 0 Å². The monoisotopic (exact) mass is 228 g/mol. The van der Waals surface area contributed by atoms with Crippen LogP contribution < -0.4 is 11.5 Å². The maximum Gasteiger partial charge on any atom is 0.323 e. The molecule has 92 valence electrons. The van der Waals surface area contributed by atoms with Crippen LogP contribution in [-0.4, -0.2) is 29.9 Å². The second-order valence-electron chi connectivity index (χ2n) is 4.39. The van der Waals surface area contributed by atoms with Gasteiger partial charge in [-0.3, -0.25) is 9.59 Å². The number of carbonyl (C=O) groups excluding carboxylic acids is 2. The molecule has 1 rings (SSSR count). The molecule has 5 nitrogen and oxygen atoms in total. The van der Waals surface area contributed by atoms with Gasteiger partial charge in [-0.15, -0.1) is 0 Å². The van der Waals surface area contributed by atoms with Crippen molar-refractivity contribution in [3.05, 3.63) is 0 Å². The van der Waals surface area contributed by atoms with E-state index in [0.717, 1.165) is 19.3 Å². The van der Waals surface area contributed by atoms with Crippen LogP contribution in [0, 0.1) is 0 Å². The Morgan fingerprint density at radius 1 is 1.31 bits per heavy atom. The zero-order valence-corrected chi connectivity index (χ0v) is 9.70. The molecule has 0 aromatic carbocycles. The minimum Gasteiger partial charge on any atom is -0.450 e. The number of ether oxygens (including phenoxy) is 1. The van der Waals surface area contributed by atoms with Crippen molar-refractivity contribution < 1.29 is 14.3 Å². The number of esters is 1. The number of hydrogen-bond donors (Lipinski definition) is 2. The van der Waals surface area contributed by atoms with Gasteiger partial charge in [-0.1, -0.05) is 6.42 Å². The van der Waals surface area contributed by atoms with E-state index in [-0.39, 0.29) is 12.3 Å². The fraction of sp³-hybridized carbons (Fsp3) is 0.818. The third-order valence-electron chi connectivity index (χ3n) is 3.02. The molecule has 0 radical (unpaired) electrons. The largest absolute Gasteiger partial charge is 0.450 e. The highest BCUT2D eigenvalue weighted by atomic mass is 16.6. The van der Waals surface area contributed by atoms with Gasteiger partial charge in [0.15, 0.2) is 11.4 Å². The Kier molecular flexibility index (Phi) is 4.44. The van der Waals surface area contributed by atoms with Gasteiger partial charge < -0.3 is 16.2 Å². The molecule has 5 heteroatoms. The standard InChI is InChI=1S/C11H20N2O3/c1-8(13)10(15)16-11(9(14)7-12)5-3-2-4-6-11/h8H,2-7,12-13H2,1H3/t8-/m0/s1. The fourth-order valence-electron chi connectivity index (χ4n) is 2.03. The number of Topliss-reactive ketones (excluding diaryl/α,β-unsaturated/α-hetero) is 1. The maximum absolute atomic E-state index is 11.8. The normalized spacial score (nSPS) is 21.2. The van der Waals surface area contributed by atoms with Crippen molar-refractivity contribution in [1.29, 1.82) is 0 Å². The molecule has 16 heavy (non-hydrogen) atoms. The quantitative estimate of drug-likeness (QED) is 0.666. The van der Waals surface area contributed by atoms with Crippen LogP contribution in [0.4, 0.5) is 0 Å². The summed E-state index contributed by atoms with van der Waals surface area (Å²) in [5.74, 6) is -0.718. The van der Waals surface area contributed by atoms with Crippen LogP contribution in [0.25, 0.3) is 0 Å². The molecule has 1 fully saturated rings. The first-order valence-corrected chi connectivity index (χ1v) is 5.73. The molecule has 0 saturated heterocycles. The van der Waals surface area contributed by atoms with E-state index in [2.05, 4.69) is 0 Å². The van der Waals surface area contributed by atoms with Gasteiger partial charge in [0.1, 0.15) is 6.04 Å². The van der Waals surface area contributed by atoms with Gasteiger partial charge in [0.25, 0.3) is 0 Å². The highest BCUT2D eigenvalue weighted by molar-refractivity contribution is 5.91. The molecule has 1 saturated carbocycles. The summed E-state index contributed by atoms with van der Waals surface area (Å²) in [6, 6.07) is -0.704. The van der Waals surface area contributed by atoms with Gasteiger partial charge in [0, 0.05) is 0 Å². The highest BCUT2D eigenvalue weighted by Crippen LogP contribution is 2.32. The summed E-state index contributed by atoms with van der Waals surface area (Å²) in [6.07, 6.45) is 3.98. The van der Waals surface area contributed by atoms with E-state index in [1.807, 2.05) is 0 Å². The smallest absolute Gasteiger partial charge is 0.323 e. The molecule has 0 bridgehead atoms. The number of ketones is 1. The van der Waals surface area contributed by atoms with Crippen LogP contribution in [-0.2, 0) is 14.3 Å². The van der Waals surface area contributed by atoms with Crippen molar-refractivity contribution >= 4 is 11.8 Å². The van der Waals surface area contributed by atoms with Gasteiger partial charge in [0.05, 0.1) is 6.54 Å². The van der Waals surface area contributed by atoms with Crippen LogP contribution in [0.1, 0.15) is 39.0 Å². The molecule has 0 amide bonds. The topological polar surface area (TPSA) is 95.4 Å². The molecule has 1 aliphatic rings. The molecule has 1 aliphatic carbocycles. The minimum atomic E-state index is -1.00. The predicted molar refractivity (Wildman–Crippen MR) is 59.6 cm³/mol. The van der Waals surface area contributed by atoms with E-state index in [4.69, 9.17) is 16.2 Å². The van der Waals surface area contributed by atoms with Crippen molar-refractivity contribution in [2.75, 3.05) is 6.54 Å². The number of hydrogen-bond acceptors (Lipinski definition) is 5. The van der Waals surface area contributed by atoms with Crippen LogP contribution in [0.3, 0.4) is 0 Å². The summed E-state index contributed by atoms with van der Waals surface area (Å²) in [6.45, 7) is 1.46. The van der Waals surface area contributed by atoms with Gasteiger partial charge in [0.2, 0.25) is 0 Å². The first-order chi connectivity index (χ1) is 7.52. The zero-order chi connectivity index (χ0) is 12.2. The summed E-state index contributed by atoms with van der Waals surface area (Å²) in [4.78, 5) is 23.3. The summed E-state index contributed by atoms with van der Waals surface area (Å²) < 4.78 is 5.30. The molecule has 0 unspecified atom stereocenters. The summed E-state index contributed by atoms with van der Waals surface area (Å²) in [5.41, 5.74) is 9.80. The Hall–Kier alpha value is -0.940. The SMILES string of the molecule is C[C@H](N)C(=O)OC1(C(=O)CN)CCCCC1. The first kappa shape index (κ1) is 13.1. The molecule has 4 N–H and O–H groups in total. The molecule has 0 spiro atoms. The average molecular weight is 228 g/mol. The van der Waals surface area contributed by atoms with Gasteiger partial charge in [-0.05, 0) is 32.6 Å². The zero-order valence-electron chi connectivity index (χ0n) is 9.70. The Balaban J connectivity index is 2.78. The van der Waals surface area contributed by atoms with Crippen molar-refractivity contribution in [1.82, 2.24) is 0 Å². The van der Waals surface area contributed by atoms with Crippen molar-refractivity contribution in [3.63, 3.8) is 0 Å². The highest BCUT2D eigenvalue weighted by Gasteiger charge is 2.42. The molecule has 0 heterocycles. The number of rotatable bonds is 4. The van der Waals surface area contributed by atoms with Crippen LogP contribution >= 0.6 is 0 Å². The van der Waals surface area contributed by atoms with Crippen LogP contribution in [0.15, 0.2) is 0 Å². The Morgan fingerprint density at radius 3 is 2.31 bits per heavy atom.